The van der Waals surface area contributed by atoms with Crippen LogP contribution in [0.2, 0.25) is 0 Å². The smallest absolute Gasteiger partial charge is 0.137 e. The van der Waals surface area contributed by atoms with Gasteiger partial charge in [0.15, 0.2) is 0 Å². The molecule has 2 rings (SSSR count). The summed E-state index contributed by atoms with van der Waals surface area (Å²) >= 11 is 2.90. The van der Waals surface area contributed by atoms with Crippen LogP contribution in [-0.2, 0) is 4.74 Å². The molecule has 17 heavy (non-hydrogen) atoms. The number of benzene rings is 1. The van der Waals surface area contributed by atoms with Gasteiger partial charge in [-0.25, -0.2) is 8.78 Å². The van der Waals surface area contributed by atoms with E-state index in [2.05, 4.69) is 15.9 Å². The van der Waals surface area contributed by atoms with Crippen LogP contribution in [0, 0.1) is 17.6 Å². The third-order valence-electron chi connectivity index (χ3n) is 3.00. The van der Waals surface area contributed by atoms with Crippen molar-refractivity contribution in [1.82, 2.24) is 0 Å². The molecule has 1 aliphatic heterocycles. The van der Waals surface area contributed by atoms with Gasteiger partial charge in [0.05, 0.1) is 17.2 Å². The van der Waals surface area contributed by atoms with Crippen molar-refractivity contribution in [3.63, 3.8) is 0 Å². The maximum atomic E-state index is 13.6. The molecule has 0 radical (unpaired) electrons. The zero-order chi connectivity index (χ0) is 12.4. The van der Waals surface area contributed by atoms with Crippen molar-refractivity contribution >= 4 is 15.9 Å². The first kappa shape index (κ1) is 12.9. The molecule has 1 aromatic rings. The van der Waals surface area contributed by atoms with Gasteiger partial charge in [-0.15, -0.1) is 0 Å². The molecule has 0 aromatic heterocycles. The zero-order valence-electron chi connectivity index (χ0n) is 9.13. The van der Waals surface area contributed by atoms with Crippen LogP contribution in [0.5, 0.6) is 0 Å². The second-order valence-corrected chi connectivity index (χ2v) is 5.06. The number of aliphatic hydroxyl groups excluding tert-OH is 1. The Hall–Kier alpha value is -0.520. The van der Waals surface area contributed by atoms with E-state index in [0.717, 1.165) is 25.0 Å². The van der Waals surface area contributed by atoms with Crippen LogP contribution in [-0.4, -0.2) is 18.3 Å². The quantitative estimate of drug-likeness (QED) is 0.850. The van der Waals surface area contributed by atoms with Crippen molar-refractivity contribution in [2.24, 2.45) is 5.92 Å². The largest absolute Gasteiger partial charge is 0.388 e. The van der Waals surface area contributed by atoms with Crippen molar-refractivity contribution in [2.45, 2.75) is 18.9 Å². The van der Waals surface area contributed by atoms with Gasteiger partial charge in [0.25, 0.3) is 0 Å². The van der Waals surface area contributed by atoms with Gasteiger partial charge in [0, 0.05) is 18.1 Å². The molecular weight excluding hydrogens is 294 g/mol. The maximum absolute atomic E-state index is 13.6. The highest BCUT2D eigenvalue weighted by Gasteiger charge is 2.26. The second-order valence-electron chi connectivity index (χ2n) is 4.21. The van der Waals surface area contributed by atoms with Crippen molar-refractivity contribution in [1.29, 1.82) is 0 Å². The number of halogens is 3. The molecule has 1 saturated heterocycles. The van der Waals surface area contributed by atoms with E-state index in [4.69, 9.17) is 4.74 Å². The lowest BCUT2D eigenvalue weighted by molar-refractivity contribution is -0.0113. The van der Waals surface area contributed by atoms with Gasteiger partial charge in [0.2, 0.25) is 0 Å². The Morgan fingerprint density at radius 2 is 2.12 bits per heavy atom. The van der Waals surface area contributed by atoms with E-state index in [1.807, 2.05) is 0 Å². The van der Waals surface area contributed by atoms with Gasteiger partial charge in [-0.2, -0.15) is 0 Å². The molecule has 1 heterocycles. The molecule has 94 valence electrons. The summed E-state index contributed by atoms with van der Waals surface area (Å²) in [5.41, 5.74) is 0.00111. The van der Waals surface area contributed by atoms with Gasteiger partial charge in [-0.05, 0) is 40.9 Å². The topological polar surface area (TPSA) is 29.5 Å². The molecule has 5 heteroatoms. The van der Waals surface area contributed by atoms with Crippen LogP contribution in [0.3, 0.4) is 0 Å². The van der Waals surface area contributed by atoms with Gasteiger partial charge in [-0.3, -0.25) is 0 Å². The summed E-state index contributed by atoms with van der Waals surface area (Å²) in [4.78, 5) is 0. The van der Waals surface area contributed by atoms with Crippen LogP contribution in [0.4, 0.5) is 8.78 Å². The third kappa shape index (κ3) is 2.84. The minimum Gasteiger partial charge on any atom is -0.388 e. The molecule has 1 N–H and O–H groups in total. The Bertz CT molecular complexity index is 406. The molecule has 2 atom stereocenters. The fraction of sp³-hybridized carbons (Fsp3) is 0.500. The Morgan fingerprint density at radius 1 is 1.35 bits per heavy atom. The van der Waals surface area contributed by atoms with Gasteiger partial charge in [0.1, 0.15) is 11.6 Å². The van der Waals surface area contributed by atoms with E-state index in [0.29, 0.717) is 13.2 Å². The van der Waals surface area contributed by atoms with Crippen LogP contribution < -0.4 is 0 Å². The first-order valence-electron chi connectivity index (χ1n) is 5.50. The monoisotopic (exact) mass is 306 g/mol. The molecule has 0 aliphatic carbocycles. The SMILES string of the molecule is OC(c1cc(F)c(Br)cc1F)C1CCCOC1. The fourth-order valence-electron chi connectivity index (χ4n) is 2.03. The molecule has 0 bridgehead atoms. The minimum absolute atomic E-state index is 0.00111. The lowest BCUT2D eigenvalue weighted by atomic mass is 9.91. The molecule has 2 unspecified atom stereocenters. The van der Waals surface area contributed by atoms with Crippen molar-refractivity contribution < 1.29 is 18.6 Å². The summed E-state index contributed by atoms with van der Waals surface area (Å²) < 4.78 is 32.3. The summed E-state index contributed by atoms with van der Waals surface area (Å²) in [5.74, 6) is -1.34. The molecule has 1 aromatic carbocycles. The number of hydrogen-bond acceptors (Lipinski definition) is 2. The second kappa shape index (κ2) is 5.42. The van der Waals surface area contributed by atoms with Crippen molar-refractivity contribution in [2.75, 3.05) is 13.2 Å². The van der Waals surface area contributed by atoms with Crippen molar-refractivity contribution in [3.8, 4) is 0 Å². The molecule has 1 fully saturated rings. The highest BCUT2D eigenvalue weighted by Crippen LogP contribution is 2.32. The maximum Gasteiger partial charge on any atom is 0.137 e. The number of aliphatic hydroxyl groups is 1. The first-order valence-corrected chi connectivity index (χ1v) is 6.29. The summed E-state index contributed by atoms with van der Waals surface area (Å²) in [6.07, 6.45) is 0.582. The van der Waals surface area contributed by atoms with E-state index < -0.39 is 17.7 Å². The lowest BCUT2D eigenvalue weighted by Crippen LogP contribution is -2.24. The molecule has 0 saturated carbocycles. The highest BCUT2D eigenvalue weighted by atomic mass is 79.9. The Labute approximate surface area is 107 Å². The molecule has 2 nitrogen and oxygen atoms in total. The Balaban J connectivity index is 2.23. The summed E-state index contributed by atoms with van der Waals surface area (Å²) in [5, 5.41) is 10.0. The van der Waals surface area contributed by atoms with Gasteiger partial charge in [-0.1, -0.05) is 0 Å². The minimum atomic E-state index is -1.02. The van der Waals surface area contributed by atoms with Crippen LogP contribution in [0.15, 0.2) is 16.6 Å². The fourth-order valence-corrected chi connectivity index (χ4v) is 2.35. The Morgan fingerprint density at radius 3 is 2.76 bits per heavy atom. The summed E-state index contributed by atoms with van der Waals surface area (Å²) in [6.45, 7) is 1.05. The van der Waals surface area contributed by atoms with E-state index in [1.54, 1.807) is 0 Å². The predicted molar refractivity (Wildman–Crippen MR) is 62.6 cm³/mol. The van der Waals surface area contributed by atoms with E-state index in [9.17, 15) is 13.9 Å². The van der Waals surface area contributed by atoms with E-state index in [-0.39, 0.29) is 16.0 Å². The molecule has 0 spiro atoms. The van der Waals surface area contributed by atoms with E-state index >= 15 is 0 Å². The first-order chi connectivity index (χ1) is 8.09. The standard InChI is InChI=1S/C12H13BrF2O2/c13-9-5-10(14)8(4-11(9)15)12(16)7-2-1-3-17-6-7/h4-5,7,12,16H,1-3,6H2. The van der Waals surface area contributed by atoms with Crippen LogP contribution in [0.1, 0.15) is 24.5 Å². The highest BCUT2D eigenvalue weighted by molar-refractivity contribution is 9.10. The normalized spacial score (nSPS) is 22.5. The van der Waals surface area contributed by atoms with Crippen LogP contribution >= 0.6 is 15.9 Å². The zero-order valence-corrected chi connectivity index (χ0v) is 10.7. The lowest BCUT2D eigenvalue weighted by Gasteiger charge is -2.27. The average molecular weight is 307 g/mol. The predicted octanol–water partition coefficient (Wildman–Crippen LogP) is 3.19. The molecule has 1 aliphatic rings. The summed E-state index contributed by atoms with van der Waals surface area (Å²) in [7, 11) is 0. The number of hydrogen-bond donors (Lipinski definition) is 1. The number of ether oxygens (including phenoxy) is 1. The third-order valence-corrected chi connectivity index (χ3v) is 3.61. The summed E-state index contributed by atoms with van der Waals surface area (Å²) in [6, 6.07) is 2.08. The van der Waals surface area contributed by atoms with Crippen LogP contribution in [0.25, 0.3) is 0 Å². The van der Waals surface area contributed by atoms with E-state index in [1.165, 1.54) is 0 Å². The van der Waals surface area contributed by atoms with Gasteiger partial charge < -0.3 is 9.84 Å². The van der Waals surface area contributed by atoms with Crippen molar-refractivity contribution in [3.05, 3.63) is 33.8 Å². The van der Waals surface area contributed by atoms with Gasteiger partial charge >= 0.3 is 0 Å². The molecule has 0 amide bonds. The number of rotatable bonds is 2. The average Bonchev–Trinajstić information content (AvgIpc) is 2.34. The molecular formula is C12H13BrF2O2. The Kier molecular flexibility index (Phi) is 4.12.